The predicted octanol–water partition coefficient (Wildman–Crippen LogP) is 9.37. The quantitative estimate of drug-likeness (QED) is 0.130. The van der Waals surface area contributed by atoms with Gasteiger partial charge in [0.05, 0.1) is 18.5 Å². The molecule has 6 aromatic carbocycles. The van der Waals surface area contributed by atoms with Gasteiger partial charge in [-0.1, -0.05) is 146 Å². The van der Waals surface area contributed by atoms with Gasteiger partial charge in [-0.05, 0) is 57.7 Å². The van der Waals surface area contributed by atoms with Crippen molar-refractivity contribution < 1.29 is 19.4 Å². The number of phenols is 1. The monoisotopic (exact) mass is 828 g/mol. The van der Waals surface area contributed by atoms with Crippen LogP contribution in [0, 0.1) is 0 Å². The first-order chi connectivity index (χ1) is 30.9. The Bertz CT molecular complexity index is 3010. The van der Waals surface area contributed by atoms with Crippen LogP contribution in [-0.4, -0.2) is 56.7 Å². The first kappa shape index (κ1) is 40.5. The number of carbonyl (C=O) groups is 2. The minimum absolute atomic E-state index is 0.152. The van der Waals surface area contributed by atoms with Crippen LogP contribution in [0.4, 0.5) is 0 Å². The number of methoxy groups -OCH3 is 1. The summed E-state index contributed by atoms with van der Waals surface area (Å²) in [5, 5.41) is 19.3. The molecule has 0 saturated carbocycles. The van der Waals surface area contributed by atoms with E-state index >= 15 is 0 Å². The number of fused-ring (bicyclic) bond motifs is 2. The highest BCUT2D eigenvalue weighted by molar-refractivity contribution is 6.24. The second-order valence-corrected chi connectivity index (χ2v) is 15.2. The Balaban J connectivity index is 0.000000160. The molecule has 0 radical (unpaired) electrons. The number of benzene rings is 6. The average molecular weight is 829 g/mol. The van der Waals surface area contributed by atoms with Crippen LogP contribution in [0.1, 0.15) is 32.1 Å². The molecule has 0 bridgehead atoms. The average Bonchev–Trinajstić information content (AvgIpc) is 3.93. The largest absolute Gasteiger partial charge is 0.508 e. The lowest BCUT2D eigenvalue weighted by atomic mass is 9.89. The highest BCUT2D eigenvalue weighted by Gasteiger charge is 2.34. The third-order valence-electron chi connectivity index (χ3n) is 11.5. The molecule has 10 rings (SSSR count). The number of phenolic OH excluding ortho intramolecular Hbond substituents is 1. The number of nitrogens with zero attached hydrogens (tertiary/aromatic N) is 4. The molecule has 310 valence electrons. The summed E-state index contributed by atoms with van der Waals surface area (Å²) in [6.07, 6.45) is 1.09. The maximum atomic E-state index is 13.7. The number of aromatic nitrogens is 4. The lowest BCUT2D eigenvalue weighted by Crippen LogP contribution is -2.26. The van der Waals surface area contributed by atoms with Gasteiger partial charge in [0, 0.05) is 59.3 Å². The summed E-state index contributed by atoms with van der Waals surface area (Å²) >= 11 is 0. The molecule has 5 N–H and O–H groups in total. The first-order valence-electron chi connectivity index (χ1n) is 20.7. The van der Waals surface area contributed by atoms with Gasteiger partial charge in [0.15, 0.2) is 0 Å². The molecule has 10 heteroatoms. The highest BCUT2D eigenvalue weighted by Crippen LogP contribution is 2.41. The van der Waals surface area contributed by atoms with Crippen molar-refractivity contribution in [1.29, 1.82) is 0 Å². The third kappa shape index (κ3) is 7.69. The van der Waals surface area contributed by atoms with Gasteiger partial charge in [0.25, 0.3) is 11.8 Å². The number of carbonyl (C=O) groups excluding carboxylic acids is 2. The van der Waals surface area contributed by atoms with E-state index in [0.717, 1.165) is 84.2 Å². The van der Waals surface area contributed by atoms with E-state index in [2.05, 4.69) is 12.1 Å². The highest BCUT2D eigenvalue weighted by atomic mass is 16.5. The minimum Gasteiger partial charge on any atom is -0.508 e. The number of hydrogen-bond donors (Lipinski definition) is 3. The fourth-order valence-corrected chi connectivity index (χ4v) is 8.47. The van der Waals surface area contributed by atoms with Gasteiger partial charge in [-0.15, -0.1) is 0 Å². The van der Waals surface area contributed by atoms with Crippen molar-refractivity contribution in [3.8, 4) is 56.3 Å². The Kier molecular flexibility index (Phi) is 11.3. The molecular formula is C53H44N6O4. The molecule has 0 atom stereocenters. The molecule has 63 heavy (non-hydrogen) atoms. The molecule has 2 aromatic heterocycles. The number of allylic oxidation sites excluding steroid dienone is 2. The van der Waals surface area contributed by atoms with E-state index in [4.69, 9.17) is 26.4 Å². The molecule has 8 aromatic rings. The van der Waals surface area contributed by atoms with Crippen LogP contribution in [0.15, 0.2) is 181 Å². The van der Waals surface area contributed by atoms with Gasteiger partial charge in [0.2, 0.25) is 0 Å². The van der Waals surface area contributed by atoms with E-state index in [-0.39, 0.29) is 24.1 Å². The molecule has 4 heterocycles. The van der Waals surface area contributed by atoms with Crippen molar-refractivity contribution >= 4 is 23.0 Å². The van der Waals surface area contributed by atoms with Gasteiger partial charge < -0.3 is 21.3 Å². The number of rotatable bonds is 9. The fourth-order valence-electron chi connectivity index (χ4n) is 8.47. The number of ether oxygens (including phenoxy) is 1. The smallest absolute Gasteiger partial charge is 0.279 e. The number of aromatic hydroxyl groups is 1. The van der Waals surface area contributed by atoms with Crippen LogP contribution in [-0.2, 0) is 12.8 Å². The molecule has 10 nitrogen and oxygen atoms in total. The minimum atomic E-state index is -0.202. The second kappa shape index (κ2) is 17.6. The Morgan fingerprint density at radius 2 is 0.841 bits per heavy atom. The SMILES string of the molecule is COc1ccc(C2=C(CN)Cc3c(-c4ccccc4)c(-c4ccccc4)nn3C2=O)cc1.NCC1=C(c2ccc(O)cc2)C(=O)n2nc(-c3ccccc3)c(-c3ccccc3)c2C1. The summed E-state index contributed by atoms with van der Waals surface area (Å²) in [5.41, 5.74) is 25.9. The topological polar surface area (TPSA) is 151 Å². The molecule has 0 spiro atoms. The molecule has 0 fully saturated rings. The van der Waals surface area contributed by atoms with E-state index in [1.165, 1.54) is 4.68 Å². The molecule has 0 aliphatic carbocycles. The van der Waals surface area contributed by atoms with Gasteiger partial charge in [-0.3, -0.25) is 9.59 Å². The van der Waals surface area contributed by atoms with Crippen molar-refractivity contribution in [2.75, 3.05) is 20.2 Å². The molecule has 0 saturated heterocycles. The van der Waals surface area contributed by atoms with Crippen LogP contribution < -0.4 is 16.2 Å². The molecule has 2 aliphatic heterocycles. The summed E-state index contributed by atoms with van der Waals surface area (Å²) in [5.74, 6) is 0.534. The number of hydrogen-bond acceptors (Lipinski definition) is 8. The summed E-state index contributed by atoms with van der Waals surface area (Å²) in [7, 11) is 1.62. The van der Waals surface area contributed by atoms with Crippen molar-refractivity contribution in [3.05, 3.63) is 204 Å². The van der Waals surface area contributed by atoms with Gasteiger partial charge in [0.1, 0.15) is 22.9 Å². The zero-order chi connectivity index (χ0) is 43.5. The molecule has 0 unspecified atom stereocenters. The van der Waals surface area contributed by atoms with Crippen molar-refractivity contribution in [2.24, 2.45) is 11.5 Å². The fraction of sp³-hybridized carbons (Fsp3) is 0.0943. The molecule has 0 amide bonds. The lowest BCUT2D eigenvalue weighted by Gasteiger charge is -2.21. The van der Waals surface area contributed by atoms with E-state index in [0.29, 0.717) is 30.5 Å². The zero-order valence-electron chi connectivity index (χ0n) is 34.6. The standard InChI is InChI=1S/C27H23N3O2.C26H21N3O2/c1-32-22-14-12-19(13-15-22)24-21(17-28)16-23-25(18-8-4-2-5-9-18)26(29-30(23)27(24)31)20-10-6-3-7-11-20;27-16-20-15-22-24(17-7-3-1-4-8-17)25(19-9-5-2-6-10-19)28-29(22)26(31)23(20)18-11-13-21(30)14-12-18/h2-15H,16-17,28H2,1H3;1-14,30H,15-16,27H2. The van der Waals surface area contributed by atoms with Gasteiger partial charge in [-0.2, -0.15) is 19.6 Å². The summed E-state index contributed by atoms with van der Waals surface area (Å²) < 4.78 is 8.35. The van der Waals surface area contributed by atoms with Crippen LogP contribution in [0.2, 0.25) is 0 Å². The Labute approximate surface area is 365 Å². The Morgan fingerprint density at radius 3 is 1.19 bits per heavy atom. The van der Waals surface area contributed by atoms with E-state index in [9.17, 15) is 14.7 Å². The summed E-state index contributed by atoms with van der Waals surface area (Å²) in [6, 6.07) is 54.1. The normalized spacial score (nSPS) is 13.3. The maximum absolute atomic E-state index is 13.7. The van der Waals surface area contributed by atoms with Crippen molar-refractivity contribution in [2.45, 2.75) is 12.8 Å². The Morgan fingerprint density at radius 1 is 0.492 bits per heavy atom. The zero-order valence-corrected chi connectivity index (χ0v) is 34.6. The van der Waals surface area contributed by atoms with Crippen LogP contribution in [0.5, 0.6) is 11.5 Å². The predicted molar refractivity (Wildman–Crippen MR) is 248 cm³/mol. The second-order valence-electron chi connectivity index (χ2n) is 15.2. The van der Waals surface area contributed by atoms with Crippen molar-refractivity contribution in [1.82, 2.24) is 19.6 Å². The first-order valence-corrected chi connectivity index (χ1v) is 20.7. The summed E-state index contributed by atoms with van der Waals surface area (Å²) in [6.45, 7) is 0.565. The van der Waals surface area contributed by atoms with Crippen LogP contribution in [0.3, 0.4) is 0 Å². The van der Waals surface area contributed by atoms with Crippen LogP contribution >= 0.6 is 0 Å². The molecular weight excluding hydrogens is 785 g/mol. The summed E-state index contributed by atoms with van der Waals surface area (Å²) in [4.78, 5) is 27.3. The number of nitrogens with two attached hydrogens (primary N) is 2. The van der Waals surface area contributed by atoms with Gasteiger partial charge >= 0.3 is 0 Å². The van der Waals surface area contributed by atoms with E-state index in [1.54, 1.807) is 36.1 Å². The third-order valence-corrected chi connectivity index (χ3v) is 11.5. The van der Waals surface area contributed by atoms with Crippen LogP contribution in [0.25, 0.3) is 55.9 Å². The van der Waals surface area contributed by atoms with E-state index in [1.807, 2.05) is 133 Å². The maximum Gasteiger partial charge on any atom is 0.279 e. The van der Waals surface area contributed by atoms with Crippen molar-refractivity contribution in [3.63, 3.8) is 0 Å². The Hall–Kier alpha value is -7.92. The van der Waals surface area contributed by atoms with E-state index < -0.39 is 0 Å². The van der Waals surface area contributed by atoms with Gasteiger partial charge in [-0.25, -0.2) is 0 Å². The lowest BCUT2D eigenvalue weighted by molar-refractivity contribution is 0.0950. The molecule has 2 aliphatic rings.